The summed E-state index contributed by atoms with van der Waals surface area (Å²) in [6.07, 6.45) is 17.5. The zero-order chi connectivity index (χ0) is 27.1. The van der Waals surface area contributed by atoms with Gasteiger partial charge in [0.05, 0.1) is 0 Å². The van der Waals surface area contributed by atoms with Gasteiger partial charge < -0.3 is 9.80 Å². The highest BCUT2D eigenvalue weighted by Crippen LogP contribution is 2.50. The van der Waals surface area contributed by atoms with Crippen molar-refractivity contribution in [1.82, 2.24) is 0 Å². The van der Waals surface area contributed by atoms with Gasteiger partial charge in [0.15, 0.2) is 0 Å². The second-order valence-corrected chi connectivity index (χ2v) is 12.6. The molecular formula is C38H44N2. The first-order chi connectivity index (χ1) is 19.7. The van der Waals surface area contributed by atoms with E-state index in [4.69, 9.17) is 0 Å². The normalized spacial score (nSPS) is 29.1. The van der Waals surface area contributed by atoms with Crippen LogP contribution in [-0.2, 0) is 0 Å². The molecule has 2 heterocycles. The first-order valence-electron chi connectivity index (χ1n) is 15.9. The summed E-state index contributed by atoms with van der Waals surface area (Å²) in [7, 11) is 0. The van der Waals surface area contributed by atoms with Crippen molar-refractivity contribution in [1.29, 1.82) is 0 Å². The maximum Gasteiger partial charge on any atom is 0.0405 e. The summed E-state index contributed by atoms with van der Waals surface area (Å²) in [6, 6.07) is 28.9. The Kier molecular flexibility index (Phi) is 7.04. The van der Waals surface area contributed by atoms with E-state index >= 15 is 0 Å². The van der Waals surface area contributed by atoms with Crippen molar-refractivity contribution in [3.8, 4) is 0 Å². The Morgan fingerprint density at radius 1 is 0.575 bits per heavy atom. The number of allylic oxidation sites excluding steroid dienone is 2. The topological polar surface area (TPSA) is 6.48 Å². The molecule has 2 heteroatoms. The molecule has 6 unspecified atom stereocenters. The van der Waals surface area contributed by atoms with E-state index in [-0.39, 0.29) is 0 Å². The predicted molar refractivity (Wildman–Crippen MR) is 171 cm³/mol. The number of nitrogens with zero attached hydrogens (tertiary/aromatic N) is 2. The second kappa shape index (κ2) is 11.0. The highest BCUT2D eigenvalue weighted by atomic mass is 15.2. The van der Waals surface area contributed by atoms with Crippen LogP contribution in [0.2, 0.25) is 0 Å². The average Bonchev–Trinajstić information content (AvgIpc) is 3.51. The number of likely N-dealkylation sites (N-methyl/N-ethyl adjacent to an activating group) is 2. The molecule has 0 aromatic heterocycles. The zero-order valence-corrected chi connectivity index (χ0v) is 24.3. The summed E-state index contributed by atoms with van der Waals surface area (Å²) in [5.41, 5.74) is 8.77. The first-order valence-corrected chi connectivity index (χ1v) is 15.9. The highest BCUT2D eigenvalue weighted by Gasteiger charge is 2.42. The van der Waals surface area contributed by atoms with Crippen molar-refractivity contribution < 1.29 is 0 Å². The third-order valence-corrected chi connectivity index (χ3v) is 10.5. The Labute approximate surface area is 241 Å². The lowest BCUT2D eigenvalue weighted by Gasteiger charge is -2.35. The third kappa shape index (κ3) is 4.60. The van der Waals surface area contributed by atoms with E-state index < -0.39 is 0 Å². The van der Waals surface area contributed by atoms with Crippen LogP contribution in [-0.4, -0.2) is 25.2 Å². The van der Waals surface area contributed by atoms with Crippen LogP contribution in [0.4, 0.5) is 11.4 Å². The quantitative estimate of drug-likeness (QED) is 0.314. The molecule has 0 spiro atoms. The van der Waals surface area contributed by atoms with E-state index in [2.05, 4.69) is 121 Å². The molecule has 0 amide bonds. The van der Waals surface area contributed by atoms with Gasteiger partial charge in [-0.2, -0.15) is 0 Å². The Hall–Kier alpha value is -3.26. The minimum atomic E-state index is 0.671. The third-order valence-electron chi connectivity index (χ3n) is 10.5. The minimum Gasteiger partial charge on any atom is -0.368 e. The Balaban J connectivity index is 0.970. The van der Waals surface area contributed by atoms with Crippen LogP contribution in [0.25, 0.3) is 12.2 Å². The van der Waals surface area contributed by atoms with Gasteiger partial charge in [-0.25, -0.2) is 0 Å². The SMILES string of the molecule is CCN1c2ccccc2C2CC(/C=C/c3ccc(/C=C/C4CCC5C(C4)c4ccccc4N5CC)cc3)CCC21. The summed E-state index contributed by atoms with van der Waals surface area (Å²) in [6.45, 7) is 6.85. The van der Waals surface area contributed by atoms with Gasteiger partial charge in [0, 0.05) is 48.4 Å². The van der Waals surface area contributed by atoms with Gasteiger partial charge in [0.1, 0.15) is 0 Å². The molecule has 2 saturated carbocycles. The molecule has 2 aliphatic carbocycles. The molecule has 4 aliphatic rings. The van der Waals surface area contributed by atoms with E-state index in [0.29, 0.717) is 35.8 Å². The van der Waals surface area contributed by atoms with E-state index in [1.165, 1.54) is 61.0 Å². The number of benzene rings is 3. The predicted octanol–water partition coefficient (Wildman–Crippen LogP) is 9.30. The molecule has 2 fully saturated rings. The second-order valence-electron chi connectivity index (χ2n) is 12.6. The fourth-order valence-corrected chi connectivity index (χ4v) is 8.64. The lowest BCUT2D eigenvalue weighted by Crippen LogP contribution is -2.37. The molecule has 0 radical (unpaired) electrons. The molecule has 3 aromatic rings. The van der Waals surface area contributed by atoms with Crippen LogP contribution in [0.3, 0.4) is 0 Å². The maximum absolute atomic E-state index is 2.66. The zero-order valence-electron chi connectivity index (χ0n) is 24.3. The molecule has 2 nitrogen and oxygen atoms in total. The van der Waals surface area contributed by atoms with Crippen LogP contribution in [0.5, 0.6) is 0 Å². The number of para-hydroxylation sites is 2. The standard InChI is InChI=1S/C38H44N2/c1-3-39-35-11-7-5-9-31(35)33-25-29(21-23-37(33)39)19-17-27-13-15-28(16-14-27)18-20-30-22-24-38-34(26-30)32-10-6-8-12-36(32)40(38)4-2/h5-20,29-30,33-34,37-38H,3-4,21-26H2,1-2H3/b19-17+,20-18+. The lowest BCUT2D eigenvalue weighted by molar-refractivity contribution is 0.334. The molecule has 7 rings (SSSR count). The Morgan fingerprint density at radius 3 is 1.43 bits per heavy atom. The van der Waals surface area contributed by atoms with Gasteiger partial charge in [-0.1, -0.05) is 85.0 Å². The van der Waals surface area contributed by atoms with Crippen LogP contribution in [0.15, 0.2) is 84.9 Å². The molecule has 206 valence electrons. The van der Waals surface area contributed by atoms with E-state index in [1.54, 1.807) is 11.1 Å². The van der Waals surface area contributed by atoms with Crippen molar-refractivity contribution in [3.05, 3.63) is 107 Å². The van der Waals surface area contributed by atoms with Gasteiger partial charge in [-0.05, 0) is 98.6 Å². The van der Waals surface area contributed by atoms with E-state index in [0.717, 1.165) is 13.1 Å². The van der Waals surface area contributed by atoms with Gasteiger partial charge in [0.2, 0.25) is 0 Å². The monoisotopic (exact) mass is 528 g/mol. The van der Waals surface area contributed by atoms with Crippen LogP contribution >= 0.6 is 0 Å². The Morgan fingerprint density at radius 2 is 1.00 bits per heavy atom. The van der Waals surface area contributed by atoms with Crippen LogP contribution in [0.1, 0.15) is 86.5 Å². The molecule has 6 atom stereocenters. The van der Waals surface area contributed by atoms with Crippen molar-refractivity contribution >= 4 is 23.5 Å². The summed E-state index contributed by atoms with van der Waals surface area (Å²) >= 11 is 0. The smallest absolute Gasteiger partial charge is 0.0405 e. The number of hydrogen-bond acceptors (Lipinski definition) is 2. The van der Waals surface area contributed by atoms with Gasteiger partial charge in [-0.15, -0.1) is 0 Å². The van der Waals surface area contributed by atoms with E-state index in [9.17, 15) is 0 Å². The van der Waals surface area contributed by atoms with Crippen molar-refractivity contribution in [2.75, 3.05) is 22.9 Å². The molecule has 0 bridgehead atoms. The van der Waals surface area contributed by atoms with Crippen LogP contribution in [0, 0.1) is 11.8 Å². The number of fused-ring (bicyclic) bond motifs is 6. The summed E-state index contributed by atoms with van der Waals surface area (Å²) in [4.78, 5) is 5.31. The summed E-state index contributed by atoms with van der Waals surface area (Å²) in [5.74, 6) is 2.71. The highest BCUT2D eigenvalue weighted by molar-refractivity contribution is 5.63. The molecule has 40 heavy (non-hydrogen) atoms. The van der Waals surface area contributed by atoms with Gasteiger partial charge >= 0.3 is 0 Å². The first kappa shape index (κ1) is 25.7. The van der Waals surface area contributed by atoms with Crippen molar-refractivity contribution in [2.24, 2.45) is 11.8 Å². The number of hydrogen-bond donors (Lipinski definition) is 0. The fourth-order valence-electron chi connectivity index (χ4n) is 8.64. The van der Waals surface area contributed by atoms with Gasteiger partial charge in [0.25, 0.3) is 0 Å². The largest absolute Gasteiger partial charge is 0.368 e. The number of anilines is 2. The molecule has 0 N–H and O–H groups in total. The number of rotatable bonds is 6. The molecular weight excluding hydrogens is 484 g/mol. The lowest BCUT2D eigenvalue weighted by atomic mass is 9.76. The summed E-state index contributed by atoms with van der Waals surface area (Å²) < 4.78 is 0. The Bertz CT molecular complexity index is 1280. The molecule has 3 aromatic carbocycles. The summed E-state index contributed by atoms with van der Waals surface area (Å²) in [5, 5.41) is 0. The molecule has 0 saturated heterocycles. The minimum absolute atomic E-state index is 0.671. The average molecular weight is 529 g/mol. The van der Waals surface area contributed by atoms with Gasteiger partial charge in [-0.3, -0.25) is 0 Å². The fraction of sp³-hybridized carbons (Fsp3) is 0.421. The van der Waals surface area contributed by atoms with Crippen molar-refractivity contribution in [2.45, 2.75) is 76.3 Å². The molecule has 2 aliphatic heterocycles. The van der Waals surface area contributed by atoms with Crippen molar-refractivity contribution in [3.63, 3.8) is 0 Å². The maximum atomic E-state index is 2.66. The van der Waals surface area contributed by atoms with Crippen LogP contribution < -0.4 is 9.80 Å². The van der Waals surface area contributed by atoms with E-state index in [1.807, 2.05) is 0 Å².